The van der Waals surface area contributed by atoms with Crippen molar-refractivity contribution in [1.29, 1.82) is 0 Å². The summed E-state index contributed by atoms with van der Waals surface area (Å²) in [6.07, 6.45) is 2.91. The van der Waals surface area contributed by atoms with Gasteiger partial charge in [-0.1, -0.05) is 25.1 Å². The first-order valence-corrected chi connectivity index (χ1v) is 7.74. The van der Waals surface area contributed by atoms with Gasteiger partial charge in [-0.2, -0.15) is 11.8 Å². The number of benzene rings is 1. The molecule has 2 N–H and O–H groups in total. The Bertz CT molecular complexity index is 407. The minimum Gasteiger partial charge on any atom is -0.384 e. The predicted molar refractivity (Wildman–Crippen MR) is 85.1 cm³/mol. The summed E-state index contributed by atoms with van der Waals surface area (Å²) in [6, 6.07) is 7.62. The fourth-order valence-electron chi connectivity index (χ4n) is 1.59. The van der Waals surface area contributed by atoms with Gasteiger partial charge in [-0.15, -0.1) is 6.58 Å². The molecule has 1 aromatic rings. The van der Waals surface area contributed by atoms with Gasteiger partial charge in [0.1, 0.15) is 0 Å². The lowest BCUT2D eigenvalue weighted by Gasteiger charge is -2.11. The van der Waals surface area contributed by atoms with Crippen LogP contribution < -0.4 is 10.6 Å². The number of hydrogen-bond acceptors (Lipinski definition) is 3. The molecule has 0 heterocycles. The molecular formula is C15H22N2OS. The highest BCUT2D eigenvalue weighted by molar-refractivity contribution is 7.99. The van der Waals surface area contributed by atoms with Gasteiger partial charge >= 0.3 is 0 Å². The van der Waals surface area contributed by atoms with Crippen LogP contribution in [-0.2, 0) is 0 Å². The fourth-order valence-corrected chi connectivity index (χ4v) is 2.17. The van der Waals surface area contributed by atoms with Gasteiger partial charge in [0.2, 0.25) is 0 Å². The maximum absolute atomic E-state index is 12.1. The SMILES string of the molecule is C=CCSCCNC(=O)c1ccccc1NCCC. The highest BCUT2D eigenvalue weighted by atomic mass is 32.2. The monoisotopic (exact) mass is 278 g/mol. The van der Waals surface area contributed by atoms with E-state index in [0.717, 1.165) is 30.2 Å². The number of anilines is 1. The normalized spacial score (nSPS) is 9.95. The summed E-state index contributed by atoms with van der Waals surface area (Å²) in [6.45, 7) is 7.32. The Morgan fingerprint density at radius 2 is 2.16 bits per heavy atom. The quantitative estimate of drug-likeness (QED) is 0.538. The first-order valence-electron chi connectivity index (χ1n) is 6.59. The second kappa shape index (κ2) is 9.50. The molecule has 19 heavy (non-hydrogen) atoms. The van der Waals surface area contributed by atoms with E-state index in [4.69, 9.17) is 0 Å². The van der Waals surface area contributed by atoms with Gasteiger partial charge in [0.05, 0.1) is 5.56 Å². The predicted octanol–water partition coefficient (Wildman–Crippen LogP) is 3.16. The first-order chi connectivity index (χ1) is 9.29. The number of rotatable bonds is 9. The van der Waals surface area contributed by atoms with Crippen LogP contribution in [0.1, 0.15) is 23.7 Å². The van der Waals surface area contributed by atoms with E-state index in [1.54, 1.807) is 11.8 Å². The Kier molecular flexibility index (Phi) is 7.82. The zero-order valence-electron chi connectivity index (χ0n) is 11.4. The molecular weight excluding hydrogens is 256 g/mol. The molecule has 4 heteroatoms. The maximum atomic E-state index is 12.1. The Hall–Kier alpha value is -1.42. The van der Waals surface area contributed by atoms with Gasteiger partial charge in [-0.05, 0) is 18.6 Å². The van der Waals surface area contributed by atoms with Gasteiger partial charge in [-0.25, -0.2) is 0 Å². The third-order valence-electron chi connectivity index (χ3n) is 2.50. The van der Waals surface area contributed by atoms with Crippen molar-refractivity contribution in [2.75, 3.05) is 29.9 Å². The molecule has 0 atom stereocenters. The summed E-state index contributed by atoms with van der Waals surface area (Å²) in [7, 11) is 0. The van der Waals surface area contributed by atoms with Crippen LogP contribution in [0.4, 0.5) is 5.69 Å². The average molecular weight is 278 g/mol. The lowest BCUT2D eigenvalue weighted by atomic mass is 10.1. The van der Waals surface area contributed by atoms with Crippen LogP contribution >= 0.6 is 11.8 Å². The number of carbonyl (C=O) groups is 1. The Morgan fingerprint density at radius 1 is 1.37 bits per heavy atom. The summed E-state index contributed by atoms with van der Waals surface area (Å²) in [5.74, 6) is 1.81. The van der Waals surface area contributed by atoms with Gasteiger partial charge in [0.15, 0.2) is 0 Å². The number of carbonyl (C=O) groups excluding carboxylic acids is 1. The molecule has 0 unspecified atom stereocenters. The molecule has 0 aliphatic carbocycles. The molecule has 0 spiro atoms. The molecule has 1 rings (SSSR count). The summed E-state index contributed by atoms with van der Waals surface area (Å²) in [4.78, 5) is 12.1. The van der Waals surface area contributed by atoms with Gasteiger partial charge < -0.3 is 10.6 Å². The molecule has 0 radical (unpaired) electrons. The summed E-state index contributed by atoms with van der Waals surface area (Å²) in [5.41, 5.74) is 1.62. The van der Waals surface area contributed by atoms with E-state index < -0.39 is 0 Å². The van der Waals surface area contributed by atoms with Crippen LogP contribution in [0.2, 0.25) is 0 Å². The van der Waals surface area contributed by atoms with Crippen molar-refractivity contribution in [3.63, 3.8) is 0 Å². The second-order valence-corrected chi connectivity index (χ2v) is 5.24. The van der Waals surface area contributed by atoms with Crippen LogP contribution in [0.3, 0.4) is 0 Å². The smallest absolute Gasteiger partial charge is 0.253 e. The summed E-state index contributed by atoms with van der Waals surface area (Å²) >= 11 is 1.76. The van der Waals surface area contributed by atoms with E-state index in [2.05, 4.69) is 24.1 Å². The van der Waals surface area contributed by atoms with Crippen molar-refractivity contribution in [3.05, 3.63) is 42.5 Å². The number of hydrogen-bond donors (Lipinski definition) is 2. The lowest BCUT2D eigenvalue weighted by Crippen LogP contribution is -2.26. The van der Waals surface area contributed by atoms with Crippen LogP contribution in [0, 0.1) is 0 Å². The number of thioether (sulfide) groups is 1. The summed E-state index contributed by atoms with van der Waals surface area (Å²) in [5, 5.41) is 6.22. The molecule has 0 saturated carbocycles. The number of para-hydroxylation sites is 1. The Labute approximate surface area is 119 Å². The Balaban J connectivity index is 2.48. The van der Waals surface area contributed by atoms with E-state index in [1.165, 1.54) is 0 Å². The van der Waals surface area contributed by atoms with Crippen LogP contribution in [0.25, 0.3) is 0 Å². The molecule has 3 nitrogen and oxygen atoms in total. The molecule has 104 valence electrons. The Morgan fingerprint density at radius 3 is 2.89 bits per heavy atom. The fraction of sp³-hybridized carbons (Fsp3) is 0.400. The lowest BCUT2D eigenvalue weighted by molar-refractivity contribution is 0.0957. The minimum absolute atomic E-state index is 0.0154. The molecule has 0 aromatic heterocycles. The topological polar surface area (TPSA) is 41.1 Å². The molecule has 1 aromatic carbocycles. The van der Waals surface area contributed by atoms with Crippen molar-refractivity contribution in [2.45, 2.75) is 13.3 Å². The number of nitrogens with one attached hydrogen (secondary N) is 2. The number of amides is 1. The zero-order valence-corrected chi connectivity index (χ0v) is 12.3. The maximum Gasteiger partial charge on any atom is 0.253 e. The molecule has 0 fully saturated rings. The van der Waals surface area contributed by atoms with Crippen LogP contribution in [0.15, 0.2) is 36.9 Å². The van der Waals surface area contributed by atoms with Gasteiger partial charge in [0, 0.05) is 30.3 Å². The van der Waals surface area contributed by atoms with Crippen LogP contribution in [-0.4, -0.2) is 30.5 Å². The first kappa shape index (κ1) is 15.6. The minimum atomic E-state index is -0.0154. The highest BCUT2D eigenvalue weighted by Gasteiger charge is 2.09. The van der Waals surface area contributed by atoms with Crippen molar-refractivity contribution in [2.24, 2.45) is 0 Å². The van der Waals surface area contributed by atoms with Crippen molar-refractivity contribution < 1.29 is 4.79 Å². The van der Waals surface area contributed by atoms with E-state index >= 15 is 0 Å². The molecule has 0 saturated heterocycles. The standard InChI is InChI=1S/C15H22N2OS/c1-3-9-16-14-8-6-5-7-13(14)15(18)17-10-12-19-11-4-2/h4-8,16H,2-3,9-12H2,1H3,(H,17,18). The third kappa shape index (κ3) is 5.83. The van der Waals surface area contributed by atoms with E-state index in [1.807, 2.05) is 30.3 Å². The molecule has 0 aliphatic heterocycles. The molecule has 0 bridgehead atoms. The molecule has 1 amide bonds. The van der Waals surface area contributed by atoms with Crippen molar-refractivity contribution >= 4 is 23.4 Å². The second-order valence-electron chi connectivity index (χ2n) is 4.09. The van der Waals surface area contributed by atoms with Gasteiger partial charge in [-0.3, -0.25) is 4.79 Å². The molecule has 0 aliphatic rings. The van der Waals surface area contributed by atoms with Crippen LogP contribution in [0.5, 0.6) is 0 Å². The third-order valence-corrected chi connectivity index (χ3v) is 3.47. The van der Waals surface area contributed by atoms with E-state index in [0.29, 0.717) is 12.1 Å². The largest absolute Gasteiger partial charge is 0.384 e. The van der Waals surface area contributed by atoms with Crippen molar-refractivity contribution in [1.82, 2.24) is 5.32 Å². The van der Waals surface area contributed by atoms with E-state index in [9.17, 15) is 4.79 Å². The average Bonchev–Trinajstić information content (AvgIpc) is 2.45. The van der Waals surface area contributed by atoms with Crippen molar-refractivity contribution in [3.8, 4) is 0 Å². The zero-order chi connectivity index (χ0) is 13.9. The summed E-state index contributed by atoms with van der Waals surface area (Å²) < 4.78 is 0. The van der Waals surface area contributed by atoms with E-state index in [-0.39, 0.29) is 5.91 Å². The van der Waals surface area contributed by atoms with Gasteiger partial charge in [0.25, 0.3) is 5.91 Å². The highest BCUT2D eigenvalue weighted by Crippen LogP contribution is 2.14.